The van der Waals surface area contributed by atoms with Gasteiger partial charge in [0, 0.05) is 18.5 Å². The van der Waals surface area contributed by atoms with Gasteiger partial charge in [-0.1, -0.05) is 30.3 Å². The van der Waals surface area contributed by atoms with Crippen molar-refractivity contribution in [3.8, 4) is 0 Å². The van der Waals surface area contributed by atoms with Crippen molar-refractivity contribution in [3.63, 3.8) is 0 Å². The van der Waals surface area contributed by atoms with Crippen LogP contribution >= 0.6 is 11.3 Å². The van der Waals surface area contributed by atoms with Crippen LogP contribution < -0.4 is 5.32 Å². The standard InChI is InChI=1S/C18H25NOS/c1-15-6-3-4-7-17(15)12-16(14-19-9-10-20-2)13-18-8-5-11-21-18/h3-8,11,16,19H,9-10,12-14H2,1-2H3. The van der Waals surface area contributed by atoms with Crippen molar-refractivity contribution in [2.45, 2.75) is 19.8 Å². The molecule has 0 saturated heterocycles. The van der Waals surface area contributed by atoms with Gasteiger partial charge in [-0.25, -0.2) is 0 Å². The smallest absolute Gasteiger partial charge is 0.0587 e. The topological polar surface area (TPSA) is 21.3 Å². The lowest BCUT2D eigenvalue weighted by Crippen LogP contribution is -2.28. The summed E-state index contributed by atoms with van der Waals surface area (Å²) in [6.07, 6.45) is 2.27. The van der Waals surface area contributed by atoms with E-state index in [1.807, 2.05) is 11.3 Å². The largest absolute Gasteiger partial charge is 0.383 e. The number of aryl methyl sites for hydroxylation is 1. The fraction of sp³-hybridized carbons (Fsp3) is 0.444. The molecule has 114 valence electrons. The van der Waals surface area contributed by atoms with Crippen LogP contribution in [0.25, 0.3) is 0 Å². The molecule has 0 aliphatic heterocycles. The van der Waals surface area contributed by atoms with E-state index in [1.54, 1.807) is 7.11 Å². The van der Waals surface area contributed by atoms with Gasteiger partial charge in [0.15, 0.2) is 0 Å². The number of hydrogen-bond acceptors (Lipinski definition) is 3. The zero-order valence-corrected chi connectivity index (χ0v) is 13.8. The van der Waals surface area contributed by atoms with Crippen LogP contribution in [0.4, 0.5) is 0 Å². The van der Waals surface area contributed by atoms with Crippen LogP contribution in [-0.2, 0) is 17.6 Å². The molecule has 2 aromatic rings. The molecule has 2 rings (SSSR count). The van der Waals surface area contributed by atoms with Crippen molar-refractivity contribution in [1.82, 2.24) is 5.32 Å². The van der Waals surface area contributed by atoms with Crippen molar-refractivity contribution in [3.05, 3.63) is 57.8 Å². The molecule has 1 heterocycles. The fourth-order valence-electron chi connectivity index (χ4n) is 2.56. The first-order valence-corrected chi connectivity index (χ1v) is 8.44. The molecule has 21 heavy (non-hydrogen) atoms. The van der Waals surface area contributed by atoms with E-state index in [1.165, 1.54) is 16.0 Å². The van der Waals surface area contributed by atoms with Gasteiger partial charge in [-0.3, -0.25) is 0 Å². The highest BCUT2D eigenvalue weighted by Crippen LogP contribution is 2.19. The number of methoxy groups -OCH3 is 1. The minimum absolute atomic E-state index is 0.626. The minimum Gasteiger partial charge on any atom is -0.383 e. The van der Waals surface area contributed by atoms with Crippen LogP contribution in [0.1, 0.15) is 16.0 Å². The van der Waals surface area contributed by atoms with Crippen molar-refractivity contribution in [2.24, 2.45) is 5.92 Å². The molecule has 1 atom stereocenters. The summed E-state index contributed by atoms with van der Waals surface area (Å²) in [5, 5.41) is 5.68. The molecule has 0 bridgehead atoms. The lowest BCUT2D eigenvalue weighted by Gasteiger charge is -2.18. The van der Waals surface area contributed by atoms with Gasteiger partial charge in [-0.2, -0.15) is 0 Å². The molecule has 0 saturated carbocycles. The van der Waals surface area contributed by atoms with Gasteiger partial charge in [0.2, 0.25) is 0 Å². The lowest BCUT2D eigenvalue weighted by atomic mass is 9.93. The average Bonchev–Trinajstić information content (AvgIpc) is 2.99. The zero-order chi connectivity index (χ0) is 14.9. The third-order valence-electron chi connectivity index (χ3n) is 3.76. The molecule has 0 spiro atoms. The summed E-state index contributed by atoms with van der Waals surface area (Å²) in [7, 11) is 1.75. The summed E-state index contributed by atoms with van der Waals surface area (Å²) in [5.41, 5.74) is 2.86. The Balaban J connectivity index is 1.95. The number of hydrogen-bond donors (Lipinski definition) is 1. The molecule has 1 N–H and O–H groups in total. The minimum atomic E-state index is 0.626. The van der Waals surface area contributed by atoms with E-state index in [9.17, 15) is 0 Å². The van der Waals surface area contributed by atoms with Gasteiger partial charge in [0.1, 0.15) is 0 Å². The monoisotopic (exact) mass is 303 g/mol. The quantitative estimate of drug-likeness (QED) is 0.713. The van der Waals surface area contributed by atoms with Gasteiger partial charge >= 0.3 is 0 Å². The summed E-state index contributed by atoms with van der Waals surface area (Å²) >= 11 is 1.86. The maximum absolute atomic E-state index is 5.11. The summed E-state index contributed by atoms with van der Waals surface area (Å²) in [6, 6.07) is 13.1. The van der Waals surface area contributed by atoms with Crippen molar-refractivity contribution in [2.75, 3.05) is 26.8 Å². The maximum Gasteiger partial charge on any atom is 0.0587 e. The van der Waals surface area contributed by atoms with E-state index in [4.69, 9.17) is 4.74 Å². The third-order valence-corrected chi connectivity index (χ3v) is 4.65. The first kappa shape index (κ1) is 16.2. The Hall–Kier alpha value is -1.16. The van der Waals surface area contributed by atoms with Gasteiger partial charge in [0.25, 0.3) is 0 Å². The Labute approximate surface area is 132 Å². The lowest BCUT2D eigenvalue weighted by molar-refractivity contribution is 0.197. The first-order chi connectivity index (χ1) is 10.3. The second-order valence-corrected chi connectivity index (χ2v) is 6.51. The molecule has 0 amide bonds. The van der Waals surface area contributed by atoms with Crippen LogP contribution in [0.3, 0.4) is 0 Å². The molecular weight excluding hydrogens is 278 g/mol. The fourth-order valence-corrected chi connectivity index (χ4v) is 3.38. The molecule has 1 aromatic heterocycles. The van der Waals surface area contributed by atoms with Crippen LogP contribution in [0.2, 0.25) is 0 Å². The Bertz CT molecular complexity index is 510. The van der Waals surface area contributed by atoms with E-state index < -0.39 is 0 Å². The molecule has 0 aliphatic rings. The molecule has 0 radical (unpaired) electrons. The van der Waals surface area contributed by atoms with Crippen LogP contribution in [0.15, 0.2) is 41.8 Å². The average molecular weight is 303 g/mol. The SMILES string of the molecule is COCCNCC(Cc1cccs1)Cc1ccccc1C. The Morgan fingerprint density at radius 2 is 2.00 bits per heavy atom. The number of ether oxygens (including phenoxy) is 1. The zero-order valence-electron chi connectivity index (χ0n) is 13.0. The predicted octanol–water partition coefficient (Wildman–Crippen LogP) is 3.69. The third kappa shape index (κ3) is 5.62. The van der Waals surface area contributed by atoms with Gasteiger partial charge in [-0.15, -0.1) is 11.3 Å². The Morgan fingerprint density at radius 1 is 1.14 bits per heavy atom. The Morgan fingerprint density at radius 3 is 2.71 bits per heavy atom. The highest BCUT2D eigenvalue weighted by molar-refractivity contribution is 7.09. The van der Waals surface area contributed by atoms with Crippen LogP contribution in [0.5, 0.6) is 0 Å². The summed E-state index contributed by atoms with van der Waals surface area (Å²) < 4.78 is 5.11. The van der Waals surface area contributed by atoms with Crippen molar-refractivity contribution < 1.29 is 4.74 Å². The molecular formula is C18H25NOS. The van der Waals surface area contributed by atoms with E-state index in [0.29, 0.717) is 5.92 Å². The highest BCUT2D eigenvalue weighted by atomic mass is 32.1. The van der Waals surface area contributed by atoms with Gasteiger partial charge in [0.05, 0.1) is 6.61 Å². The Kier molecular flexibility index (Phi) is 6.93. The number of nitrogens with one attached hydrogen (secondary N) is 1. The van der Waals surface area contributed by atoms with Crippen molar-refractivity contribution >= 4 is 11.3 Å². The summed E-state index contributed by atoms with van der Waals surface area (Å²) in [5.74, 6) is 0.626. The number of rotatable bonds is 9. The molecule has 0 fully saturated rings. The summed E-state index contributed by atoms with van der Waals surface area (Å²) in [4.78, 5) is 1.47. The molecule has 0 aliphatic carbocycles. The number of thiophene rings is 1. The second kappa shape index (κ2) is 8.98. The summed E-state index contributed by atoms with van der Waals surface area (Å²) in [6.45, 7) is 4.94. The normalized spacial score (nSPS) is 12.5. The van der Waals surface area contributed by atoms with E-state index in [-0.39, 0.29) is 0 Å². The number of benzene rings is 1. The maximum atomic E-state index is 5.11. The van der Waals surface area contributed by atoms with E-state index in [2.05, 4.69) is 54.0 Å². The van der Waals surface area contributed by atoms with E-state index >= 15 is 0 Å². The van der Waals surface area contributed by atoms with Gasteiger partial charge in [-0.05, 0) is 54.8 Å². The van der Waals surface area contributed by atoms with Gasteiger partial charge < -0.3 is 10.1 Å². The first-order valence-electron chi connectivity index (χ1n) is 7.56. The van der Waals surface area contributed by atoms with Crippen molar-refractivity contribution in [1.29, 1.82) is 0 Å². The molecule has 1 aromatic carbocycles. The predicted molar refractivity (Wildman–Crippen MR) is 91.1 cm³/mol. The highest BCUT2D eigenvalue weighted by Gasteiger charge is 2.12. The van der Waals surface area contributed by atoms with Crippen LogP contribution in [0, 0.1) is 12.8 Å². The van der Waals surface area contributed by atoms with E-state index in [0.717, 1.165) is 32.5 Å². The van der Waals surface area contributed by atoms with Crippen LogP contribution in [-0.4, -0.2) is 26.8 Å². The molecule has 2 nitrogen and oxygen atoms in total. The molecule has 1 unspecified atom stereocenters. The second-order valence-electron chi connectivity index (χ2n) is 5.48. The molecule has 3 heteroatoms.